The molecule has 1 atom stereocenters. The van der Waals surface area contributed by atoms with E-state index in [1.54, 1.807) is 24.3 Å². The summed E-state index contributed by atoms with van der Waals surface area (Å²) in [6.45, 7) is 2.98. The lowest BCUT2D eigenvalue weighted by molar-refractivity contribution is 0.0697. The number of anilines is 1. The molecule has 1 aliphatic heterocycles. The normalized spacial score (nSPS) is 17.4. The second kappa shape index (κ2) is 6.94. The molecule has 4 nitrogen and oxygen atoms in total. The van der Waals surface area contributed by atoms with E-state index in [0.717, 1.165) is 30.6 Å². The molecule has 0 spiro atoms. The molecule has 110 valence electrons. The van der Waals surface area contributed by atoms with Gasteiger partial charge < -0.3 is 10.0 Å². The zero-order valence-electron chi connectivity index (χ0n) is 12.2. The molecule has 0 aliphatic carbocycles. The molecule has 1 aliphatic rings. The van der Waals surface area contributed by atoms with Gasteiger partial charge in [-0.2, -0.15) is 5.26 Å². The lowest BCUT2D eigenvalue weighted by Crippen LogP contribution is -2.17. The number of unbranched alkanes of at least 4 members (excludes halogenated alkanes) is 2. The van der Waals surface area contributed by atoms with E-state index in [4.69, 9.17) is 5.11 Å². The zero-order chi connectivity index (χ0) is 15.2. The summed E-state index contributed by atoms with van der Waals surface area (Å²) in [6, 6.07) is 9.08. The predicted octanol–water partition coefficient (Wildman–Crippen LogP) is 3.81. The molecule has 0 aromatic heterocycles. The number of rotatable bonds is 6. The molecule has 1 aromatic carbocycles. The highest BCUT2D eigenvalue weighted by Gasteiger charge is 2.24. The smallest absolute Gasteiger partial charge is 0.335 e. The number of benzene rings is 1. The van der Waals surface area contributed by atoms with Crippen molar-refractivity contribution in [3.8, 4) is 6.07 Å². The topological polar surface area (TPSA) is 64.3 Å². The molecule has 0 saturated carbocycles. The van der Waals surface area contributed by atoms with Gasteiger partial charge in [-0.3, -0.25) is 0 Å². The van der Waals surface area contributed by atoms with Crippen LogP contribution in [0.25, 0.3) is 0 Å². The van der Waals surface area contributed by atoms with Crippen LogP contribution in [0.4, 0.5) is 5.69 Å². The van der Waals surface area contributed by atoms with Crippen LogP contribution in [0.2, 0.25) is 0 Å². The van der Waals surface area contributed by atoms with Gasteiger partial charge in [0.05, 0.1) is 17.2 Å². The van der Waals surface area contributed by atoms with Gasteiger partial charge in [0, 0.05) is 24.4 Å². The van der Waals surface area contributed by atoms with E-state index in [2.05, 4.69) is 13.0 Å². The van der Waals surface area contributed by atoms with E-state index in [9.17, 15) is 10.1 Å². The van der Waals surface area contributed by atoms with Gasteiger partial charge in [-0.1, -0.05) is 26.2 Å². The van der Waals surface area contributed by atoms with Crippen LogP contribution in [0.3, 0.4) is 0 Å². The summed E-state index contributed by atoms with van der Waals surface area (Å²) in [4.78, 5) is 12.9. The summed E-state index contributed by atoms with van der Waals surface area (Å²) < 4.78 is 0. The molecule has 1 unspecified atom stereocenters. The van der Waals surface area contributed by atoms with Crippen LogP contribution in [-0.4, -0.2) is 17.6 Å². The highest BCUT2D eigenvalue weighted by molar-refractivity contribution is 5.88. The monoisotopic (exact) mass is 284 g/mol. The van der Waals surface area contributed by atoms with E-state index in [-0.39, 0.29) is 5.56 Å². The lowest BCUT2D eigenvalue weighted by Gasteiger charge is -2.18. The summed E-state index contributed by atoms with van der Waals surface area (Å²) in [5.41, 5.74) is 2.04. The van der Waals surface area contributed by atoms with Crippen LogP contribution in [0.1, 0.15) is 43.0 Å². The van der Waals surface area contributed by atoms with Crippen LogP contribution in [0.15, 0.2) is 36.0 Å². The van der Waals surface area contributed by atoms with E-state index in [0.29, 0.717) is 5.92 Å². The number of hydrogen-bond donors (Lipinski definition) is 1. The van der Waals surface area contributed by atoms with Crippen molar-refractivity contribution in [2.24, 2.45) is 5.92 Å². The maximum atomic E-state index is 10.9. The number of carbonyl (C=O) groups is 1. The molecule has 0 saturated heterocycles. The Hall–Kier alpha value is -2.28. The molecule has 1 N–H and O–H groups in total. The van der Waals surface area contributed by atoms with E-state index < -0.39 is 5.97 Å². The average molecular weight is 284 g/mol. The third kappa shape index (κ3) is 3.63. The second-order valence-electron chi connectivity index (χ2n) is 5.39. The minimum atomic E-state index is -0.923. The molecule has 0 radical (unpaired) electrons. The maximum Gasteiger partial charge on any atom is 0.335 e. The molecule has 0 fully saturated rings. The van der Waals surface area contributed by atoms with Crippen LogP contribution in [-0.2, 0) is 0 Å². The highest BCUT2D eigenvalue weighted by Crippen LogP contribution is 2.30. The summed E-state index contributed by atoms with van der Waals surface area (Å²) in [5, 5.41) is 18.2. The van der Waals surface area contributed by atoms with Crippen LogP contribution in [0.5, 0.6) is 0 Å². The Morgan fingerprint density at radius 1 is 1.38 bits per heavy atom. The van der Waals surface area contributed by atoms with Crippen molar-refractivity contribution in [1.29, 1.82) is 5.26 Å². The van der Waals surface area contributed by atoms with Gasteiger partial charge in [0.15, 0.2) is 0 Å². The largest absolute Gasteiger partial charge is 0.478 e. The fraction of sp³-hybridized carbons (Fsp3) is 0.412. The molecule has 21 heavy (non-hydrogen) atoms. The Morgan fingerprint density at radius 3 is 2.67 bits per heavy atom. The van der Waals surface area contributed by atoms with Gasteiger partial charge in [0.2, 0.25) is 0 Å². The number of nitriles is 1. The van der Waals surface area contributed by atoms with Gasteiger partial charge >= 0.3 is 5.97 Å². The quantitative estimate of drug-likeness (QED) is 0.807. The lowest BCUT2D eigenvalue weighted by atomic mass is 9.96. The molecular weight excluding hydrogens is 264 g/mol. The summed E-state index contributed by atoms with van der Waals surface area (Å²) >= 11 is 0. The summed E-state index contributed by atoms with van der Waals surface area (Å²) in [7, 11) is 0. The number of hydrogen-bond acceptors (Lipinski definition) is 3. The fourth-order valence-electron chi connectivity index (χ4n) is 2.64. The number of carboxylic acid groups (broad SMARTS) is 1. The van der Waals surface area contributed by atoms with Gasteiger partial charge in [0.25, 0.3) is 0 Å². The Balaban J connectivity index is 2.06. The number of carboxylic acids is 1. The fourth-order valence-corrected chi connectivity index (χ4v) is 2.64. The molecule has 0 bridgehead atoms. The van der Waals surface area contributed by atoms with Crippen molar-refractivity contribution < 1.29 is 9.90 Å². The van der Waals surface area contributed by atoms with Crippen molar-refractivity contribution in [3.63, 3.8) is 0 Å². The predicted molar refractivity (Wildman–Crippen MR) is 82.1 cm³/mol. The standard InChI is InChI=1S/C17H20N2O2/c1-2-3-4-5-14-11-19(12-15(14)10-18)16-8-6-13(7-9-16)17(20)21/h6-9,12,14H,2-5,11H2,1H3,(H,20,21). The number of nitrogens with zero attached hydrogens (tertiary/aromatic N) is 2. The van der Waals surface area contributed by atoms with Crippen molar-refractivity contribution in [2.45, 2.75) is 32.6 Å². The number of aromatic carboxylic acids is 1. The molecule has 1 aromatic rings. The first-order valence-electron chi connectivity index (χ1n) is 7.37. The first kappa shape index (κ1) is 15.1. The Kier molecular flexibility index (Phi) is 4.99. The molecule has 2 rings (SSSR count). The van der Waals surface area contributed by atoms with Gasteiger partial charge in [-0.25, -0.2) is 4.79 Å². The Bertz CT molecular complexity index is 569. The first-order valence-corrected chi connectivity index (χ1v) is 7.37. The van der Waals surface area contributed by atoms with Crippen molar-refractivity contribution >= 4 is 11.7 Å². The summed E-state index contributed by atoms with van der Waals surface area (Å²) in [5.74, 6) is -0.630. The molecule has 1 heterocycles. The second-order valence-corrected chi connectivity index (χ2v) is 5.39. The van der Waals surface area contributed by atoms with Crippen LogP contribution in [0, 0.1) is 17.2 Å². The minimum Gasteiger partial charge on any atom is -0.478 e. The molecule has 0 amide bonds. The van der Waals surface area contributed by atoms with Gasteiger partial charge in [0.1, 0.15) is 0 Å². The first-order chi connectivity index (χ1) is 10.2. The zero-order valence-corrected chi connectivity index (χ0v) is 12.2. The van der Waals surface area contributed by atoms with Gasteiger partial charge in [-0.15, -0.1) is 0 Å². The highest BCUT2D eigenvalue weighted by atomic mass is 16.4. The molecular formula is C17H20N2O2. The third-order valence-corrected chi connectivity index (χ3v) is 3.88. The van der Waals surface area contributed by atoms with Crippen LogP contribution >= 0.6 is 0 Å². The summed E-state index contributed by atoms with van der Waals surface area (Å²) in [6.07, 6.45) is 6.45. The maximum absolute atomic E-state index is 10.9. The van der Waals surface area contributed by atoms with Crippen molar-refractivity contribution in [3.05, 3.63) is 41.6 Å². The Labute approximate surface area is 125 Å². The van der Waals surface area contributed by atoms with Crippen LogP contribution < -0.4 is 4.90 Å². The van der Waals surface area contributed by atoms with Crippen molar-refractivity contribution in [1.82, 2.24) is 0 Å². The SMILES string of the molecule is CCCCCC1CN(c2ccc(C(=O)O)cc2)C=C1C#N. The van der Waals surface area contributed by atoms with E-state index in [1.807, 2.05) is 11.1 Å². The molecule has 4 heteroatoms. The van der Waals surface area contributed by atoms with Crippen molar-refractivity contribution in [2.75, 3.05) is 11.4 Å². The third-order valence-electron chi connectivity index (χ3n) is 3.88. The Morgan fingerprint density at radius 2 is 2.10 bits per heavy atom. The van der Waals surface area contributed by atoms with E-state index in [1.165, 1.54) is 12.8 Å². The minimum absolute atomic E-state index is 0.280. The average Bonchev–Trinajstić information content (AvgIpc) is 2.91. The van der Waals surface area contributed by atoms with Gasteiger partial charge in [-0.05, 0) is 30.7 Å². The van der Waals surface area contributed by atoms with E-state index >= 15 is 0 Å².